The number of aromatic hydroxyl groups is 2. The zero-order chi connectivity index (χ0) is 12.4. The molecule has 0 saturated heterocycles. The van der Waals surface area contributed by atoms with E-state index >= 15 is 0 Å². The van der Waals surface area contributed by atoms with Crippen LogP contribution in [0.25, 0.3) is 0 Å². The Morgan fingerprint density at radius 2 is 1.18 bits per heavy atom. The maximum absolute atomic E-state index is 9.31. The van der Waals surface area contributed by atoms with E-state index in [0.29, 0.717) is 0 Å². The minimum Gasteiger partial charge on any atom is -0.508 e. The zero-order valence-corrected chi connectivity index (χ0v) is 12.5. The summed E-state index contributed by atoms with van der Waals surface area (Å²) in [7, 11) is 0. The fourth-order valence-electron chi connectivity index (χ4n) is 1.26. The molecule has 0 atom stereocenters. The minimum atomic E-state index is 0.228. The van der Waals surface area contributed by atoms with Gasteiger partial charge in [0.05, 0.1) is 0 Å². The first-order chi connectivity index (χ1) is 8.06. The Kier molecular flexibility index (Phi) is 4.01. The van der Waals surface area contributed by atoms with Gasteiger partial charge < -0.3 is 10.2 Å². The van der Waals surface area contributed by atoms with Crippen molar-refractivity contribution in [1.82, 2.24) is 0 Å². The van der Waals surface area contributed by atoms with E-state index in [0.717, 1.165) is 18.7 Å². The molecule has 0 aliphatic rings. The Morgan fingerprint density at radius 3 is 1.53 bits per heavy atom. The van der Waals surface area contributed by atoms with Gasteiger partial charge in [-0.25, -0.2) is 0 Å². The van der Waals surface area contributed by atoms with Gasteiger partial charge in [0, 0.05) is 18.7 Å². The van der Waals surface area contributed by atoms with E-state index in [1.807, 2.05) is 12.1 Å². The highest BCUT2D eigenvalue weighted by atomic mass is 79.9. The lowest BCUT2D eigenvalue weighted by molar-refractivity contribution is 0.474. The largest absolute Gasteiger partial charge is 0.508 e. The molecule has 0 unspecified atom stereocenters. The quantitative estimate of drug-likeness (QED) is 0.793. The van der Waals surface area contributed by atoms with Crippen LogP contribution < -0.4 is 0 Å². The molecule has 88 valence electrons. The zero-order valence-electron chi connectivity index (χ0n) is 8.52. The van der Waals surface area contributed by atoms with E-state index in [9.17, 15) is 10.2 Å². The first-order valence-corrected chi connectivity index (χ1v) is 7.11. The molecule has 0 aromatic heterocycles. The molecule has 0 saturated carbocycles. The van der Waals surface area contributed by atoms with Crippen LogP contribution in [0, 0.1) is 0 Å². The van der Waals surface area contributed by atoms with Crippen LogP contribution in [-0.2, 0) is 0 Å². The van der Waals surface area contributed by atoms with Crippen LogP contribution in [0.4, 0.5) is 0 Å². The number of benzene rings is 2. The molecule has 0 spiro atoms. The topological polar surface area (TPSA) is 40.5 Å². The van der Waals surface area contributed by atoms with E-state index in [2.05, 4.69) is 31.9 Å². The highest BCUT2D eigenvalue weighted by Gasteiger charge is 2.07. The van der Waals surface area contributed by atoms with E-state index in [1.54, 1.807) is 36.0 Å². The summed E-state index contributed by atoms with van der Waals surface area (Å²) in [5, 5.41) is 18.6. The Labute approximate surface area is 120 Å². The van der Waals surface area contributed by atoms with Crippen molar-refractivity contribution in [1.29, 1.82) is 0 Å². The Bertz CT molecular complexity index is 509. The summed E-state index contributed by atoms with van der Waals surface area (Å²) in [6.07, 6.45) is 0. The molecular formula is C12H8Br2O2S. The summed E-state index contributed by atoms with van der Waals surface area (Å²) in [6, 6.07) is 10.3. The first kappa shape index (κ1) is 12.8. The molecule has 5 heteroatoms. The molecular weight excluding hydrogens is 368 g/mol. The third kappa shape index (κ3) is 3.18. The molecule has 0 heterocycles. The average Bonchev–Trinajstić information content (AvgIpc) is 2.25. The molecule has 0 aliphatic carbocycles. The molecule has 2 rings (SSSR count). The van der Waals surface area contributed by atoms with Crippen molar-refractivity contribution in [2.75, 3.05) is 0 Å². The predicted molar refractivity (Wildman–Crippen MR) is 75.7 cm³/mol. The number of phenols is 2. The standard InChI is InChI=1S/C12H8Br2O2S/c13-9-5-7(15)1-3-11(9)17-12-4-2-8(16)6-10(12)14/h1-6,15-16H. The van der Waals surface area contributed by atoms with Gasteiger partial charge in [-0.05, 0) is 68.3 Å². The summed E-state index contributed by atoms with van der Waals surface area (Å²) in [5.41, 5.74) is 0. The second-order valence-electron chi connectivity index (χ2n) is 3.33. The fourth-order valence-corrected chi connectivity index (χ4v) is 3.30. The maximum atomic E-state index is 9.31. The third-order valence-corrected chi connectivity index (χ3v) is 5.04. The van der Waals surface area contributed by atoms with Crippen LogP contribution >= 0.6 is 43.6 Å². The molecule has 0 radical (unpaired) electrons. The highest BCUT2D eigenvalue weighted by Crippen LogP contribution is 2.39. The van der Waals surface area contributed by atoms with Gasteiger partial charge in [0.25, 0.3) is 0 Å². The van der Waals surface area contributed by atoms with Crippen molar-refractivity contribution in [3.05, 3.63) is 45.3 Å². The van der Waals surface area contributed by atoms with Crippen LogP contribution in [0.1, 0.15) is 0 Å². The lowest BCUT2D eigenvalue weighted by atomic mass is 10.3. The molecule has 0 bridgehead atoms. The summed E-state index contributed by atoms with van der Waals surface area (Å²) >= 11 is 8.34. The van der Waals surface area contributed by atoms with Crippen LogP contribution in [0.2, 0.25) is 0 Å². The predicted octanol–water partition coefficient (Wildman–Crippen LogP) is 4.77. The molecule has 0 aliphatic heterocycles. The van der Waals surface area contributed by atoms with Crippen molar-refractivity contribution < 1.29 is 10.2 Å². The van der Waals surface area contributed by atoms with Crippen molar-refractivity contribution in [3.8, 4) is 11.5 Å². The van der Waals surface area contributed by atoms with Gasteiger partial charge in [-0.3, -0.25) is 0 Å². The van der Waals surface area contributed by atoms with E-state index in [1.165, 1.54) is 0 Å². The SMILES string of the molecule is Oc1ccc(Sc2ccc(O)cc2Br)c(Br)c1. The maximum Gasteiger partial charge on any atom is 0.116 e. The molecule has 0 fully saturated rings. The lowest BCUT2D eigenvalue weighted by Crippen LogP contribution is -1.78. The van der Waals surface area contributed by atoms with Crippen LogP contribution in [0.5, 0.6) is 11.5 Å². The number of hydrogen-bond donors (Lipinski definition) is 2. The smallest absolute Gasteiger partial charge is 0.116 e. The molecule has 2 nitrogen and oxygen atoms in total. The Hall–Kier alpha value is -0.650. The van der Waals surface area contributed by atoms with Crippen LogP contribution in [0.15, 0.2) is 55.1 Å². The molecule has 0 amide bonds. The second kappa shape index (κ2) is 5.33. The first-order valence-electron chi connectivity index (χ1n) is 4.71. The summed E-state index contributed by atoms with van der Waals surface area (Å²) in [5.74, 6) is 0.456. The van der Waals surface area contributed by atoms with Gasteiger partial charge in [0.1, 0.15) is 11.5 Å². The Morgan fingerprint density at radius 1 is 0.765 bits per heavy atom. The van der Waals surface area contributed by atoms with Crippen LogP contribution in [0.3, 0.4) is 0 Å². The molecule has 17 heavy (non-hydrogen) atoms. The minimum absolute atomic E-state index is 0.228. The third-order valence-electron chi connectivity index (χ3n) is 2.05. The highest BCUT2D eigenvalue weighted by molar-refractivity contribution is 9.11. The number of phenolic OH excluding ortho intramolecular Hbond substituents is 2. The average molecular weight is 376 g/mol. The van der Waals surface area contributed by atoms with Crippen LogP contribution in [-0.4, -0.2) is 10.2 Å². The second-order valence-corrected chi connectivity index (χ2v) is 6.12. The van der Waals surface area contributed by atoms with Gasteiger partial charge in [0.2, 0.25) is 0 Å². The Balaban J connectivity index is 2.31. The van der Waals surface area contributed by atoms with Gasteiger partial charge in [-0.15, -0.1) is 0 Å². The van der Waals surface area contributed by atoms with E-state index in [-0.39, 0.29) is 11.5 Å². The normalized spacial score (nSPS) is 10.5. The van der Waals surface area contributed by atoms with E-state index in [4.69, 9.17) is 0 Å². The molecule has 2 aromatic carbocycles. The van der Waals surface area contributed by atoms with Crippen molar-refractivity contribution in [2.24, 2.45) is 0 Å². The van der Waals surface area contributed by atoms with Crippen molar-refractivity contribution in [2.45, 2.75) is 9.79 Å². The summed E-state index contributed by atoms with van der Waals surface area (Å²) < 4.78 is 1.67. The van der Waals surface area contributed by atoms with Crippen molar-refractivity contribution in [3.63, 3.8) is 0 Å². The fraction of sp³-hybridized carbons (Fsp3) is 0. The van der Waals surface area contributed by atoms with E-state index < -0.39 is 0 Å². The summed E-state index contributed by atoms with van der Waals surface area (Å²) in [6.45, 7) is 0. The molecule has 2 N–H and O–H groups in total. The van der Waals surface area contributed by atoms with Crippen molar-refractivity contribution >= 4 is 43.6 Å². The van der Waals surface area contributed by atoms with Gasteiger partial charge in [-0.2, -0.15) is 0 Å². The van der Waals surface area contributed by atoms with Gasteiger partial charge >= 0.3 is 0 Å². The van der Waals surface area contributed by atoms with Gasteiger partial charge in [-0.1, -0.05) is 11.8 Å². The number of hydrogen-bond acceptors (Lipinski definition) is 3. The lowest BCUT2D eigenvalue weighted by Gasteiger charge is -2.07. The number of halogens is 2. The van der Waals surface area contributed by atoms with Gasteiger partial charge in [0.15, 0.2) is 0 Å². The monoisotopic (exact) mass is 374 g/mol. The number of rotatable bonds is 2. The molecule has 2 aromatic rings. The summed E-state index contributed by atoms with van der Waals surface area (Å²) in [4.78, 5) is 1.99.